The van der Waals surface area contributed by atoms with Gasteiger partial charge in [0.15, 0.2) is 17.3 Å². The minimum absolute atomic E-state index is 0.252. The van der Waals surface area contributed by atoms with Crippen molar-refractivity contribution in [3.8, 4) is 34.1 Å². The van der Waals surface area contributed by atoms with Gasteiger partial charge in [-0.1, -0.05) is 42.5 Å². The number of methoxy groups -OCH3 is 3. The molecule has 0 unspecified atom stereocenters. The van der Waals surface area contributed by atoms with Crippen molar-refractivity contribution in [2.24, 2.45) is 0 Å². The van der Waals surface area contributed by atoms with Gasteiger partial charge in [-0.3, -0.25) is 4.79 Å². The molecule has 0 saturated carbocycles. The standard InChI is InChI=1S/C26H22FNO4/c1-30-23-13-18(14-24(31-2)26(23)32-3)25(29)20-16-28(22-12-8-7-11-21(22)27)15-19(20)17-9-5-4-6-10-17/h4-16H,1-3H3. The average Bonchev–Trinajstić information content (AvgIpc) is 3.28. The van der Waals surface area contributed by atoms with E-state index in [1.807, 2.05) is 30.3 Å². The van der Waals surface area contributed by atoms with Crippen LogP contribution in [-0.4, -0.2) is 31.7 Å². The maximum atomic E-state index is 14.5. The summed E-state index contributed by atoms with van der Waals surface area (Å²) in [6, 6.07) is 19.2. The highest BCUT2D eigenvalue weighted by Crippen LogP contribution is 2.39. The van der Waals surface area contributed by atoms with Crippen LogP contribution in [0.4, 0.5) is 4.39 Å². The van der Waals surface area contributed by atoms with Crippen molar-refractivity contribution >= 4 is 5.78 Å². The Morgan fingerprint density at radius 3 is 2.03 bits per heavy atom. The Hall–Kier alpha value is -4.06. The second-order valence-electron chi connectivity index (χ2n) is 7.05. The maximum Gasteiger partial charge on any atom is 0.203 e. The van der Waals surface area contributed by atoms with Gasteiger partial charge in [-0.15, -0.1) is 0 Å². The molecule has 0 fully saturated rings. The van der Waals surface area contributed by atoms with Crippen LogP contribution in [-0.2, 0) is 0 Å². The number of ketones is 1. The van der Waals surface area contributed by atoms with Gasteiger partial charge in [0.05, 0.1) is 27.0 Å². The summed E-state index contributed by atoms with van der Waals surface area (Å²) in [5.41, 5.74) is 2.68. The van der Waals surface area contributed by atoms with Gasteiger partial charge in [0.2, 0.25) is 5.75 Å². The van der Waals surface area contributed by atoms with E-state index in [0.29, 0.717) is 39.6 Å². The molecule has 1 aromatic heterocycles. The normalized spacial score (nSPS) is 10.6. The first kappa shape index (κ1) is 21.2. The topological polar surface area (TPSA) is 49.7 Å². The molecule has 0 aliphatic carbocycles. The molecule has 0 aliphatic rings. The van der Waals surface area contributed by atoms with Gasteiger partial charge in [0.1, 0.15) is 5.82 Å². The van der Waals surface area contributed by atoms with E-state index in [4.69, 9.17) is 14.2 Å². The van der Waals surface area contributed by atoms with Crippen molar-refractivity contribution in [1.82, 2.24) is 4.57 Å². The summed E-state index contributed by atoms with van der Waals surface area (Å²) in [5.74, 6) is 0.529. The van der Waals surface area contributed by atoms with Crippen LogP contribution in [0.1, 0.15) is 15.9 Å². The first-order valence-electron chi connectivity index (χ1n) is 9.94. The molecule has 0 bridgehead atoms. The number of carbonyl (C=O) groups is 1. The second kappa shape index (κ2) is 8.98. The van der Waals surface area contributed by atoms with Crippen molar-refractivity contribution in [3.63, 3.8) is 0 Å². The average molecular weight is 431 g/mol. The van der Waals surface area contributed by atoms with Gasteiger partial charge in [-0.25, -0.2) is 4.39 Å². The quantitative estimate of drug-likeness (QED) is 0.361. The Labute approximate surface area is 185 Å². The Morgan fingerprint density at radius 2 is 1.44 bits per heavy atom. The predicted molar refractivity (Wildman–Crippen MR) is 121 cm³/mol. The zero-order chi connectivity index (χ0) is 22.7. The lowest BCUT2D eigenvalue weighted by Gasteiger charge is -2.14. The molecule has 4 rings (SSSR count). The molecule has 0 spiro atoms. The summed E-state index contributed by atoms with van der Waals surface area (Å²) in [6.45, 7) is 0. The summed E-state index contributed by atoms with van der Waals surface area (Å²) in [5, 5.41) is 0. The number of hydrogen-bond donors (Lipinski definition) is 0. The number of para-hydroxylation sites is 1. The van der Waals surface area contributed by atoms with Crippen LogP contribution in [0.25, 0.3) is 16.8 Å². The van der Waals surface area contributed by atoms with E-state index in [2.05, 4.69) is 0 Å². The number of hydrogen-bond acceptors (Lipinski definition) is 4. The van der Waals surface area contributed by atoms with Gasteiger partial charge in [0.25, 0.3) is 0 Å². The number of aromatic nitrogens is 1. The molecular formula is C26H22FNO4. The van der Waals surface area contributed by atoms with Crippen LogP contribution in [0.15, 0.2) is 79.1 Å². The molecule has 32 heavy (non-hydrogen) atoms. The number of carbonyl (C=O) groups excluding carboxylic acids is 1. The van der Waals surface area contributed by atoms with Crippen molar-refractivity contribution in [3.05, 3.63) is 96.1 Å². The van der Waals surface area contributed by atoms with Crippen LogP contribution in [0.3, 0.4) is 0 Å². The van der Waals surface area contributed by atoms with Gasteiger partial charge in [0, 0.05) is 29.1 Å². The van der Waals surface area contributed by atoms with Crippen LogP contribution in [0, 0.1) is 5.82 Å². The predicted octanol–water partition coefficient (Wildman–Crippen LogP) is 5.54. The van der Waals surface area contributed by atoms with E-state index in [1.165, 1.54) is 27.4 Å². The van der Waals surface area contributed by atoms with Gasteiger partial charge >= 0.3 is 0 Å². The van der Waals surface area contributed by atoms with Crippen LogP contribution in [0.2, 0.25) is 0 Å². The SMILES string of the molecule is COc1cc(C(=O)c2cn(-c3ccccc3F)cc2-c2ccccc2)cc(OC)c1OC. The highest BCUT2D eigenvalue weighted by Gasteiger charge is 2.22. The molecule has 1 heterocycles. The molecule has 0 amide bonds. The third kappa shape index (κ3) is 3.83. The first-order valence-corrected chi connectivity index (χ1v) is 9.94. The Balaban J connectivity index is 1.89. The zero-order valence-electron chi connectivity index (χ0n) is 18.0. The van der Waals surface area contributed by atoms with Crippen LogP contribution in [0.5, 0.6) is 17.2 Å². The summed E-state index contributed by atoms with van der Waals surface area (Å²) >= 11 is 0. The van der Waals surface area contributed by atoms with Crippen molar-refractivity contribution in [2.75, 3.05) is 21.3 Å². The molecule has 0 atom stereocenters. The van der Waals surface area contributed by atoms with Gasteiger partial charge < -0.3 is 18.8 Å². The Morgan fingerprint density at radius 1 is 0.812 bits per heavy atom. The molecule has 6 heteroatoms. The van der Waals surface area contributed by atoms with Crippen molar-refractivity contribution in [1.29, 1.82) is 0 Å². The van der Waals surface area contributed by atoms with Gasteiger partial charge in [-0.05, 0) is 29.8 Å². The summed E-state index contributed by atoms with van der Waals surface area (Å²) in [4.78, 5) is 13.6. The van der Waals surface area contributed by atoms with E-state index < -0.39 is 0 Å². The number of nitrogens with zero attached hydrogens (tertiary/aromatic N) is 1. The highest BCUT2D eigenvalue weighted by atomic mass is 19.1. The van der Waals surface area contributed by atoms with E-state index in [1.54, 1.807) is 47.3 Å². The monoisotopic (exact) mass is 431 g/mol. The van der Waals surface area contributed by atoms with E-state index in [-0.39, 0.29) is 11.6 Å². The zero-order valence-corrected chi connectivity index (χ0v) is 18.0. The fraction of sp³-hybridized carbons (Fsp3) is 0.115. The smallest absolute Gasteiger partial charge is 0.203 e. The lowest BCUT2D eigenvalue weighted by atomic mass is 9.97. The van der Waals surface area contributed by atoms with Gasteiger partial charge in [-0.2, -0.15) is 0 Å². The third-order valence-electron chi connectivity index (χ3n) is 5.21. The third-order valence-corrected chi connectivity index (χ3v) is 5.21. The number of ether oxygens (including phenoxy) is 3. The Kier molecular flexibility index (Phi) is 5.94. The molecule has 5 nitrogen and oxygen atoms in total. The number of halogens is 1. The summed E-state index contributed by atoms with van der Waals surface area (Å²) in [7, 11) is 4.50. The molecule has 3 aromatic carbocycles. The molecule has 0 saturated heterocycles. The molecule has 0 N–H and O–H groups in total. The molecule has 0 radical (unpaired) electrons. The van der Waals surface area contributed by atoms with Crippen molar-refractivity contribution in [2.45, 2.75) is 0 Å². The van der Waals surface area contributed by atoms with Crippen LogP contribution >= 0.6 is 0 Å². The molecular weight excluding hydrogens is 409 g/mol. The molecule has 0 aliphatic heterocycles. The largest absolute Gasteiger partial charge is 0.493 e. The number of benzene rings is 3. The minimum Gasteiger partial charge on any atom is -0.493 e. The maximum absolute atomic E-state index is 14.5. The lowest BCUT2D eigenvalue weighted by molar-refractivity contribution is 0.103. The van der Waals surface area contributed by atoms with Crippen LogP contribution < -0.4 is 14.2 Å². The summed E-state index contributed by atoms with van der Waals surface area (Å²) in [6.07, 6.45) is 3.41. The summed E-state index contributed by atoms with van der Waals surface area (Å²) < 4.78 is 32.3. The van der Waals surface area contributed by atoms with E-state index in [0.717, 1.165) is 5.56 Å². The minimum atomic E-state index is -0.381. The Bertz CT molecular complexity index is 1240. The molecule has 4 aromatic rings. The van der Waals surface area contributed by atoms with Crippen molar-refractivity contribution < 1.29 is 23.4 Å². The fourth-order valence-electron chi connectivity index (χ4n) is 3.65. The second-order valence-corrected chi connectivity index (χ2v) is 7.05. The lowest BCUT2D eigenvalue weighted by Crippen LogP contribution is -2.05. The van der Waals surface area contributed by atoms with E-state index >= 15 is 0 Å². The first-order chi connectivity index (χ1) is 15.6. The number of rotatable bonds is 7. The fourth-order valence-corrected chi connectivity index (χ4v) is 3.65. The highest BCUT2D eigenvalue weighted by molar-refractivity contribution is 6.13. The molecule has 162 valence electrons. The van der Waals surface area contributed by atoms with E-state index in [9.17, 15) is 9.18 Å².